The van der Waals surface area contributed by atoms with Crippen LogP contribution in [0.5, 0.6) is 0 Å². The maximum absolute atomic E-state index is 13.5. The first-order valence-corrected chi connectivity index (χ1v) is 9.27. The maximum Gasteiger partial charge on any atom is 0.125 e. The highest BCUT2D eigenvalue weighted by Crippen LogP contribution is 2.21. The molecule has 138 valence electrons. The standard InChI is InChI=1S/C19H29FN4O/c1-3-24-18-5-4-16(20)12-17(18)21-19(24)14-22(2)13-15-6-8-23(9-7-15)10-11-25/h4-5,12,15,25H,3,6-11,13-14H2,1-2H3. The first kappa shape index (κ1) is 18.3. The van der Waals surface area contributed by atoms with Crippen LogP contribution in [0.1, 0.15) is 25.6 Å². The number of hydrogen-bond acceptors (Lipinski definition) is 4. The van der Waals surface area contributed by atoms with Gasteiger partial charge in [-0.3, -0.25) is 4.90 Å². The van der Waals surface area contributed by atoms with Gasteiger partial charge in [-0.2, -0.15) is 0 Å². The van der Waals surface area contributed by atoms with Crippen molar-refractivity contribution in [1.29, 1.82) is 0 Å². The number of rotatable bonds is 7. The Bertz CT molecular complexity index is 694. The normalized spacial score (nSPS) is 17.0. The summed E-state index contributed by atoms with van der Waals surface area (Å²) in [6.45, 7) is 7.96. The summed E-state index contributed by atoms with van der Waals surface area (Å²) in [5, 5.41) is 9.04. The fourth-order valence-corrected chi connectivity index (χ4v) is 3.91. The Hall–Kier alpha value is -1.50. The van der Waals surface area contributed by atoms with Crippen molar-refractivity contribution in [3.63, 3.8) is 0 Å². The Morgan fingerprint density at radius 3 is 2.76 bits per heavy atom. The summed E-state index contributed by atoms with van der Waals surface area (Å²) < 4.78 is 15.6. The van der Waals surface area contributed by atoms with Crippen LogP contribution in [-0.2, 0) is 13.1 Å². The number of hydrogen-bond donors (Lipinski definition) is 1. The molecule has 1 saturated heterocycles. The van der Waals surface area contributed by atoms with E-state index in [4.69, 9.17) is 5.11 Å². The van der Waals surface area contributed by atoms with E-state index in [1.807, 2.05) is 6.07 Å². The third kappa shape index (κ3) is 4.37. The van der Waals surface area contributed by atoms with Crippen LogP contribution in [0.3, 0.4) is 0 Å². The molecule has 25 heavy (non-hydrogen) atoms. The molecule has 1 aromatic carbocycles. The summed E-state index contributed by atoms with van der Waals surface area (Å²) in [5.41, 5.74) is 1.74. The largest absolute Gasteiger partial charge is 0.395 e. The molecule has 0 unspecified atom stereocenters. The first-order chi connectivity index (χ1) is 12.1. The van der Waals surface area contributed by atoms with Crippen LogP contribution in [0.15, 0.2) is 18.2 Å². The first-order valence-electron chi connectivity index (χ1n) is 9.27. The molecule has 0 aliphatic carbocycles. The van der Waals surface area contributed by atoms with Gasteiger partial charge < -0.3 is 14.6 Å². The zero-order valence-electron chi connectivity index (χ0n) is 15.3. The van der Waals surface area contributed by atoms with E-state index in [-0.39, 0.29) is 12.4 Å². The summed E-state index contributed by atoms with van der Waals surface area (Å²) in [6, 6.07) is 4.84. The molecule has 5 nitrogen and oxygen atoms in total. The van der Waals surface area contributed by atoms with Gasteiger partial charge in [0.15, 0.2) is 0 Å². The predicted molar refractivity (Wildman–Crippen MR) is 97.9 cm³/mol. The number of nitrogens with zero attached hydrogens (tertiary/aromatic N) is 4. The Kier molecular flexibility index (Phi) is 6.04. The molecule has 1 aliphatic rings. The zero-order valence-corrected chi connectivity index (χ0v) is 15.3. The van der Waals surface area contributed by atoms with E-state index < -0.39 is 0 Å². The second kappa shape index (κ2) is 8.25. The third-order valence-corrected chi connectivity index (χ3v) is 5.21. The van der Waals surface area contributed by atoms with E-state index >= 15 is 0 Å². The number of fused-ring (bicyclic) bond motifs is 1. The van der Waals surface area contributed by atoms with E-state index in [1.54, 1.807) is 0 Å². The number of aromatic nitrogens is 2. The molecular formula is C19H29FN4O. The predicted octanol–water partition coefficient (Wildman–Crippen LogP) is 2.33. The van der Waals surface area contributed by atoms with Crippen molar-refractivity contribution in [2.45, 2.75) is 32.9 Å². The van der Waals surface area contributed by atoms with Gasteiger partial charge in [-0.1, -0.05) is 0 Å². The molecule has 3 rings (SSSR count). The number of benzene rings is 1. The van der Waals surface area contributed by atoms with Crippen LogP contribution >= 0.6 is 0 Å². The molecule has 2 heterocycles. The lowest BCUT2D eigenvalue weighted by atomic mass is 9.96. The molecule has 0 bridgehead atoms. The molecule has 0 radical (unpaired) electrons. The lowest BCUT2D eigenvalue weighted by molar-refractivity contribution is 0.128. The van der Waals surface area contributed by atoms with Gasteiger partial charge in [-0.25, -0.2) is 9.37 Å². The monoisotopic (exact) mass is 348 g/mol. The van der Waals surface area contributed by atoms with Crippen LogP contribution in [0.2, 0.25) is 0 Å². The second-order valence-electron chi connectivity index (χ2n) is 7.11. The fourth-order valence-electron chi connectivity index (χ4n) is 3.91. The summed E-state index contributed by atoms with van der Waals surface area (Å²) in [5.74, 6) is 1.46. The second-order valence-corrected chi connectivity index (χ2v) is 7.11. The van der Waals surface area contributed by atoms with Gasteiger partial charge in [0.05, 0.1) is 24.2 Å². The molecule has 0 saturated carbocycles. The molecule has 1 aliphatic heterocycles. The molecule has 0 amide bonds. The fraction of sp³-hybridized carbons (Fsp3) is 0.632. The molecule has 1 fully saturated rings. The highest BCUT2D eigenvalue weighted by Gasteiger charge is 2.21. The van der Waals surface area contributed by atoms with Gasteiger partial charge in [-0.15, -0.1) is 0 Å². The minimum absolute atomic E-state index is 0.234. The van der Waals surface area contributed by atoms with E-state index in [0.717, 1.165) is 56.1 Å². The average molecular weight is 348 g/mol. The summed E-state index contributed by atoms with van der Waals surface area (Å²) in [4.78, 5) is 9.32. The van der Waals surface area contributed by atoms with Crippen LogP contribution in [0.25, 0.3) is 11.0 Å². The number of piperidine rings is 1. The maximum atomic E-state index is 13.5. The molecule has 6 heteroatoms. The van der Waals surface area contributed by atoms with Crippen LogP contribution in [0.4, 0.5) is 4.39 Å². The number of halogens is 1. The van der Waals surface area contributed by atoms with E-state index in [0.29, 0.717) is 5.92 Å². The van der Waals surface area contributed by atoms with Crippen molar-refractivity contribution in [2.24, 2.45) is 5.92 Å². The number of β-amino-alcohol motifs (C(OH)–C–C–N with tert-alkyl or cyclic N) is 1. The molecule has 2 aromatic rings. The minimum atomic E-state index is -0.234. The van der Waals surface area contributed by atoms with Crippen molar-refractivity contribution in [3.05, 3.63) is 29.8 Å². The molecule has 0 atom stereocenters. The van der Waals surface area contributed by atoms with Gasteiger partial charge in [0, 0.05) is 25.7 Å². The van der Waals surface area contributed by atoms with Gasteiger partial charge in [0.2, 0.25) is 0 Å². The molecule has 1 aromatic heterocycles. The van der Waals surface area contributed by atoms with Gasteiger partial charge in [-0.05, 0) is 58.0 Å². The Balaban J connectivity index is 1.61. The van der Waals surface area contributed by atoms with E-state index in [2.05, 4.69) is 33.3 Å². The van der Waals surface area contributed by atoms with Crippen molar-refractivity contribution in [2.75, 3.05) is 39.8 Å². The van der Waals surface area contributed by atoms with E-state index in [1.165, 1.54) is 25.0 Å². The summed E-state index contributed by atoms with van der Waals surface area (Å²) >= 11 is 0. The topological polar surface area (TPSA) is 44.5 Å². The Labute approximate surface area is 149 Å². The summed E-state index contributed by atoms with van der Waals surface area (Å²) in [7, 11) is 2.14. The van der Waals surface area contributed by atoms with Crippen LogP contribution in [-0.4, -0.2) is 64.3 Å². The SMILES string of the molecule is CCn1c(CN(C)CC2CCN(CCO)CC2)nc2cc(F)ccc21. The number of aliphatic hydroxyl groups excluding tert-OH is 1. The molecule has 0 spiro atoms. The van der Waals surface area contributed by atoms with Crippen molar-refractivity contribution in [1.82, 2.24) is 19.4 Å². The average Bonchev–Trinajstić information content (AvgIpc) is 2.92. The highest BCUT2D eigenvalue weighted by atomic mass is 19.1. The van der Waals surface area contributed by atoms with Gasteiger partial charge in [0.25, 0.3) is 0 Å². The van der Waals surface area contributed by atoms with Crippen LogP contribution < -0.4 is 0 Å². The smallest absolute Gasteiger partial charge is 0.125 e. The van der Waals surface area contributed by atoms with Crippen molar-refractivity contribution < 1.29 is 9.50 Å². The lowest BCUT2D eigenvalue weighted by Crippen LogP contribution is -2.39. The van der Waals surface area contributed by atoms with Gasteiger partial charge >= 0.3 is 0 Å². The molecular weight excluding hydrogens is 319 g/mol. The van der Waals surface area contributed by atoms with E-state index in [9.17, 15) is 4.39 Å². The number of likely N-dealkylation sites (tertiary alicyclic amines) is 1. The lowest BCUT2D eigenvalue weighted by Gasteiger charge is -2.33. The Morgan fingerprint density at radius 2 is 2.08 bits per heavy atom. The zero-order chi connectivity index (χ0) is 17.8. The van der Waals surface area contributed by atoms with Crippen LogP contribution in [0, 0.1) is 11.7 Å². The highest BCUT2D eigenvalue weighted by molar-refractivity contribution is 5.76. The minimum Gasteiger partial charge on any atom is -0.395 e. The Morgan fingerprint density at radius 1 is 1.32 bits per heavy atom. The van der Waals surface area contributed by atoms with Crippen molar-refractivity contribution >= 4 is 11.0 Å². The number of imidazole rings is 1. The summed E-state index contributed by atoms with van der Waals surface area (Å²) in [6.07, 6.45) is 2.36. The third-order valence-electron chi connectivity index (χ3n) is 5.21. The number of aryl methyl sites for hydroxylation is 1. The quantitative estimate of drug-likeness (QED) is 0.834. The van der Waals surface area contributed by atoms with Gasteiger partial charge in [0.1, 0.15) is 11.6 Å². The number of aliphatic hydroxyl groups is 1. The molecule has 1 N–H and O–H groups in total. The van der Waals surface area contributed by atoms with Crippen molar-refractivity contribution in [3.8, 4) is 0 Å².